The molecule has 1 aromatic heterocycles. The molecule has 0 spiro atoms. The number of rotatable bonds is 4. The normalized spacial score (nSPS) is 14.2. The van der Waals surface area contributed by atoms with Crippen molar-refractivity contribution in [2.24, 2.45) is 0 Å². The maximum absolute atomic E-state index is 12.5. The summed E-state index contributed by atoms with van der Waals surface area (Å²) in [6.07, 6.45) is 1.28. The first-order valence-corrected chi connectivity index (χ1v) is 7.52. The van der Waals surface area contributed by atoms with E-state index in [0.29, 0.717) is 32.0 Å². The summed E-state index contributed by atoms with van der Waals surface area (Å²) in [6, 6.07) is 5.37. The first kappa shape index (κ1) is 16.6. The van der Waals surface area contributed by atoms with Crippen molar-refractivity contribution in [3.8, 4) is 0 Å². The highest BCUT2D eigenvalue weighted by atomic mass is 16.6. The second-order valence-corrected chi connectivity index (χ2v) is 5.29. The number of carbonyl (C=O) groups excluding carboxylic acids is 2. The molecule has 0 saturated carbocycles. The molecule has 130 valence electrons. The Morgan fingerprint density at radius 2 is 1.92 bits per heavy atom. The highest BCUT2D eigenvalue weighted by Gasteiger charge is 2.26. The molecule has 2 amide bonds. The van der Waals surface area contributed by atoms with Crippen molar-refractivity contribution in [3.63, 3.8) is 0 Å². The van der Waals surface area contributed by atoms with Crippen molar-refractivity contribution in [2.45, 2.75) is 0 Å². The van der Waals surface area contributed by atoms with Gasteiger partial charge >= 0.3 is 0 Å². The molecule has 0 aliphatic carbocycles. The van der Waals surface area contributed by atoms with E-state index in [1.165, 1.54) is 30.6 Å². The summed E-state index contributed by atoms with van der Waals surface area (Å²) in [4.78, 5) is 43.2. The summed E-state index contributed by atoms with van der Waals surface area (Å²) in [5.74, 6) is -0.902. The quantitative estimate of drug-likeness (QED) is 0.629. The number of aromatic amines is 1. The van der Waals surface area contributed by atoms with Gasteiger partial charge in [0.25, 0.3) is 17.5 Å². The molecule has 0 bridgehead atoms. The molecule has 10 nitrogen and oxygen atoms in total. The molecule has 2 heterocycles. The number of hydrogen-bond acceptors (Lipinski definition) is 6. The van der Waals surface area contributed by atoms with Crippen LogP contribution in [0.5, 0.6) is 0 Å². The lowest BCUT2D eigenvalue weighted by Gasteiger charge is -2.26. The topological polar surface area (TPSA) is 130 Å². The van der Waals surface area contributed by atoms with Gasteiger partial charge in [-0.15, -0.1) is 0 Å². The van der Waals surface area contributed by atoms with Gasteiger partial charge in [-0.3, -0.25) is 19.7 Å². The van der Waals surface area contributed by atoms with Gasteiger partial charge in [-0.05, 0) is 12.1 Å². The zero-order valence-corrected chi connectivity index (χ0v) is 13.1. The van der Waals surface area contributed by atoms with Crippen LogP contribution in [-0.4, -0.2) is 57.9 Å². The number of benzene rings is 1. The lowest BCUT2D eigenvalue weighted by atomic mass is 10.2. The Morgan fingerprint density at radius 1 is 1.24 bits per heavy atom. The van der Waals surface area contributed by atoms with Gasteiger partial charge in [0.1, 0.15) is 5.69 Å². The number of ether oxygens (including phenoxy) is 1. The van der Waals surface area contributed by atoms with Crippen LogP contribution in [0.4, 0.5) is 11.4 Å². The number of nitrogens with zero attached hydrogens (tertiary/aromatic N) is 3. The predicted molar refractivity (Wildman–Crippen MR) is 86.4 cm³/mol. The molecule has 2 aromatic rings. The first-order chi connectivity index (χ1) is 12.1. The van der Waals surface area contributed by atoms with E-state index in [0.717, 1.165) is 0 Å². The van der Waals surface area contributed by atoms with Crippen molar-refractivity contribution in [1.82, 2.24) is 14.9 Å². The number of anilines is 1. The number of hydrogen-bond donors (Lipinski definition) is 2. The van der Waals surface area contributed by atoms with Crippen LogP contribution in [-0.2, 0) is 4.74 Å². The number of nitro groups is 1. The zero-order chi connectivity index (χ0) is 17.8. The van der Waals surface area contributed by atoms with Crippen LogP contribution in [0.2, 0.25) is 0 Å². The van der Waals surface area contributed by atoms with Crippen LogP contribution in [0.1, 0.15) is 21.0 Å². The third kappa shape index (κ3) is 3.63. The Balaban J connectivity index is 1.73. The van der Waals surface area contributed by atoms with Gasteiger partial charge in [0.15, 0.2) is 5.69 Å². The monoisotopic (exact) mass is 345 g/mol. The van der Waals surface area contributed by atoms with Gasteiger partial charge in [0.05, 0.1) is 24.5 Å². The lowest BCUT2D eigenvalue weighted by Crippen LogP contribution is -2.41. The van der Waals surface area contributed by atoms with Crippen LogP contribution < -0.4 is 5.32 Å². The van der Waals surface area contributed by atoms with Crippen LogP contribution in [0, 0.1) is 10.1 Å². The van der Waals surface area contributed by atoms with Crippen LogP contribution >= 0.6 is 0 Å². The Morgan fingerprint density at radius 3 is 2.56 bits per heavy atom. The fourth-order valence-corrected chi connectivity index (χ4v) is 2.41. The molecular formula is C15H15N5O5. The van der Waals surface area contributed by atoms with Crippen LogP contribution in [0.3, 0.4) is 0 Å². The average Bonchev–Trinajstić information content (AvgIpc) is 3.12. The standard InChI is InChI=1S/C15H15N5O5/c21-14(18-10-1-3-11(4-2-10)20(23)24)12-13(17-9-16-12)15(22)19-5-7-25-8-6-19/h1-4,9H,5-8H2,(H,16,17)(H,18,21). The van der Waals surface area contributed by atoms with Crippen LogP contribution in [0.15, 0.2) is 30.6 Å². The molecule has 1 saturated heterocycles. The fourth-order valence-electron chi connectivity index (χ4n) is 2.41. The molecule has 0 atom stereocenters. The van der Waals surface area contributed by atoms with E-state index in [1.54, 1.807) is 4.90 Å². The summed E-state index contributed by atoms with van der Waals surface area (Å²) in [6.45, 7) is 1.79. The number of aromatic nitrogens is 2. The number of nitro benzene ring substituents is 1. The van der Waals surface area contributed by atoms with Crippen molar-refractivity contribution in [1.29, 1.82) is 0 Å². The van der Waals surface area contributed by atoms with E-state index < -0.39 is 10.8 Å². The molecule has 3 rings (SSSR count). The minimum atomic E-state index is -0.577. The zero-order valence-electron chi connectivity index (χ0n) is 13.1. The van der Waals surface area contributed by atoms with Crippen molar-refractivity contribution < 1.29 is 19.2 Å². The average molecular weight is 345 g/mol. The fraction of sp³-hybridized carbons (Fsp3) is 0.267. The number of H-pyrrole nitrogens is 1. The molecule has 1 aromatic carbocycles. The van der Waals surface area contributed by atoms with Crippen molar-refractivity contribution in [3.05, 3.63) is 52.1 Å². The Hall–Kier alpha value is -3.27. The highest BCUT2D eigenvalue weighted by molar-refractivity contribution is 6.10. The summed E-state index contributed by atoms with van der Waals surface area (Å²) in [5, 5.41) is 13.2. The number of non-ortho nitro benzene ring substituents is 1. The highest BCUT2D eigenvalue weighted by Crippen LogP contribution is 2.17. The molecule has 10 heteroatoms. The molecule has 1 aliphatic rings. The maximum Gasteiger partial charge on any atom is 0.276 e. The van der Waals surface area contributed by atoms with E-state index in [2.05, 4.69) is 15.3 Å². The number of carbonyl (C=O) groups is 2. The third-order valence-electron chi connectivity index (χ3n) is 3.70. The number of morpholine rings is 1. The minimum Gasteiger partial charge on any atom is -0.378 e. The van der Waals surface area contributed by atoms with Gasteiger partial charge < -0.3 is 19.9 Å². The molecule has 2 N–H and O–H groups in total. The second kappa shape index (κ2) is 7.09. The van der Waals surface area contributed by atoms with E-state index in [9.17, 15) is 19.7 Å². The largest absolute Gasteiger partial charge is 0.378 e. The SMILES string of the molecule is O=C(Nc1ccc([N+](=O)[O-])cc1)c1nc[nH]c1C(=O)N1CCOCC1. The van der Waals surface area contributed by atoms with Crippen molar-refractivity contribution in [2.75, 3.05) is 31.6 Å². The smallest absolute Gasteiger partial charge is 0.276 e. The number of nitrogens with one attached hydrogen (secondary N) is 2. The molecule has 0 radical (unpaired) electrons. The number of imidazole rings is 1. The minimum absolute atomic E-state index is 0.0326. The summed E-state index contributed by atoms with van der Waals surface area (Å²) in [5.41, 5.74) is 0.348. The van der Waals surface area contributed by atoms with E-state index in [4.69, 9.17) is 4.74 Å². The Kier molecular flexibility index (Phi) is 4.70. The van der Waals surface area contributed by atoms with Crippen LogP contribution in [0.25, 0.3) is 0 Å². The number of amides is 2. The van der Waals surface area contributed by atoms with E-state index in [-0.39, 0.29) is 23.0 Å². The Bertz CT molecular complexity index is 795. The lowest BCUT2D eigenvalue weighted by molar-refractivity contribution is -0.384. The molecule has 1 aliphatic heterocycles. The van der Waals surface area contributed by atoms with Crippen molar-refractivity contribution >= 4 is 23.2 Å². The van der Waals surface area contributed by atoms with Gasteiger partial charge in [0, 0.05) is 30.9 Å². The molecule has 0 unspecified atom stereocenters. The van der Waals surface area contributed by atoms with Gasteiger partial charge in [-0.1, -0.05) is 0 Å². The molecular weight excluding hydrogens is 330 g/mol. The Labute approximate surface area is 142 Å². The third-order valence-corrected chi connectivity index (χ3v) is 3.70. The predicted octanol–water partition coefficient (Wildman–Crippen LogP) is 1.04. The van der Waals surface area contributed by atoms with Gasteiger partial charge in [-0.2, -0.15) is 0 Å². The molecule has 1 fully saturated rings. The van der Waals surface area contributed by atoms with E-state index in [1.807, 2.05) is 0 Å². The molecule has 25 heavy (non-hydrogen) atoms. The summed E-state index contributed by atoms with van der Waals surface area (Å²) in [7, 11) is 0. The second-order valence-electron chi connectivity index (χ2n) is 5.29. The van der Waals surface area contributed by atoms with Gasteiger partial charge in [0.2, 0.25) is 0 Å². The maximum atomic E-state index is 12.5. The summed E-state index contributed by atoms with van der Waals surface area (Å²) < 4.78 is 5.20. The summed E-state index contributed by atoms with van der Waals surface area (Å²) >= 11 is 0. The first-order valence-electron chi connectivity index (χ1n) is 7.52. The van der Waals surface area contributed by atoms with E-state index >= 15 is 0 Å². The van der Waals surface area contributed by atoms with Gasteiger partial charge in [-0.25, -0.2) is 4.98 Å².